The number of rotatable bonds is 39. The number of hydrogen-bond acceptors (Lipinski definition) is 12. The highest BCUT2D eigenvalue weighted by Crippen LogP contribution is 2.32. The van der Waals surface area contributed by atoms with Gasteiger partial charge in [-0.05, 0) is 62.6 Å². The summed E-state index contributed by atoms with van der Waals surface area (Å²) in [6.07, 6.45) is 18.5. The van der Waals surface area contributed by atoms with Gasteiger partial charge < -0.3 is 61.2 Å². The zero-order chi connectivity index (χ0) is 43.1. The molecule has 0 radical (unpaired) electrons. The van der Waals surface area contributed by atoms with Gasteiger partial charge in [-0.2, -0.15) is 0 Å². The van der Waals surface area contributed by atoms with Crippen LogP contribution in [0.1, 0.15) is 160 Å². The van der Waals surface area contributed by atoms with Crippen LogP contribution in [-0.4, -0.2) is 125 Å². The van der Waals surface area contributed by atoms with Crippen molar-refractivity contribution >= 4 is 11.8 Å². The van der Waals surface area contributed by atoms with E-state index < -0.39 is 30.3 Å². The lowest BCUT2D eigenvalue weighted by atomic mass is 10.0. The molecule has 1 unspecified atom stereocenters. The molecule has 59 heavy (non-hydrogen) atoms. The molecule has 10 N–H and O–H groups in total. The van der Waals surface area contributed by atoms with E-state index in [-0.39, 0.29) is 63.0 Å². The Labute approximate surface area is 354 Å². The number of hydrogen-bond donors (Lipinski definition) is 9. The monoisotopic (exact) mass is 840 g/mol. The second-order valence-corrected chi connectivity index (χ2v) is 16.4. The molecule has 1 aromatic rings. The van der Waals surface area contributed by atoms with Crippen molar-refractivity contribution < 1.29 is 54.4 Å². The lowest BCUT2D eigenvalue weighted by molar-refractivity contribution is -0.130. The highest BCUT2D eigenvalue weighted by molar-refractivity contribution is 5.80. The Morgan fingerprint density at radius 3 is 1.93 bits per heavy atom. The number of amides is 2. The van der Waals surface area contributed by atoms with Crippen molar-refractivity contribution in [3.8, 4) is 5.75 Å². The van der Waals surface area contributed by atoms with Crippen LogP contribution < -0.4 is 21.1 Å². The number of nitrogens with two attached hydrogens (primary N) is 1. The Hall–Kier alpha value is -2.40. The zero-order valence-corrected chi connectivity index (χ0v) is 36.0. The minimum atomic E-state index is -1.25. The standard InChI is InChI=1S/C45H81N3O11/c1-2-43(55)48-36(31-50)33-58-38-26-24-34(25-27-38)41(54)29-47-45(56)40(53)22-18-21-39(52)44-42(59-44)23-16-12-9-11-15-20-37(51)19-14-10-7-5-3-4-6-8-13-17-28-57-32-35(46)30-49/h24-27,35-37,39-42,44,49-54H,2-23,28-33,46H2,1H3,(H,47,56)(H,48,55)/t35-,36-,37?,39-,40-,41-,42-,44+/m0/s1. The van der Waals surface area contributed by atoms with Crippen LogP contribution in [0.25, 0.3) is 0 Å². The summed E-state index contributed by atoms with van der Waals surface area (Å²) in [5.74, 6) is -0.268. The summed E-state index contributed by atoms with van der Waals surface area (Å²) in [5, 5.41) is 65.3. The molecule has 1 saturated heterocycles. The van der Waals surface area contributed by atoms with Crippen molar-refractivity contribution in [2.75, 3.05) is 39.6 Å². The first-order valence-electron chi connectivity index (χ1n) is 22.8. The molecule has 0 aromatic heterocycles. The summed E-state index contributed by atoms with van der Waals surface area (Å²) in [6, 6.07) is 5.80. The number of aliphatic hydroxyl groups is 6. The molecule has 1 aromatic carbocycles. The predicted octanol–water partition coefficient (Wildman–Crippen LogP) is 4.48. The first-order chi connectivity index (χ1) is 28.6. The van der Waals surface area contributed by atoms with Gasteiger partial charge in [0.15, 0.2) is 0 Å². The largest absolute Gasteiger partial charge is 0.491 e. The lowest BCUT2D eigenvalue weighted by Gasteiger charge is -2.18. The van der Waals surface area contributed by atoms with Gasteiger partial charge in [-0.3, -0.25) is 9.59 Å². The number of nitrogens with one attached hydrogen (secondary N) is 2. The Balaban J connectivity index is 1.39. The van der Waals surface area contributed by atoms with Gasteiger partial charge >= 0.3 is 0 Å². The van der Waals surface area contributed by atoms with Crippen molar-refractivity contribution in [2.24, 2.45) is 5.73 Å². The number of benzene rings is 1. The van der Waals surface area contributed by atoms with Gasteiger partial charge in [0.05, 0.1) is 56.3 Å². The van der Waals surface area contributed by atoms with E-state index >= 15 is 0 Å². The normalized spacial score (nSPS) is 18.1. The summed E-state index contributed by atoms with van der Waals surface area (Å²) in [4.78, 5) is 24.0. The Bertz CT molecular complexity index is 1200. The van der Waals surface area contributed by atoms with E-state index in [1.165, 1.54) is 51.4 Å². The quantitative estimate of drug-likeness (QED) is 0.0330. The third kappa shape index (κ3) is 25.9. The van der Waals surface area contributed by atoms with Crippen LogP contribution in [0.15, 0.2) is 24.3 Å². The summed E-state index contributed by atoms with van der Waals surface area (Å²) < 4.78 is 16.8. The second kappa shape index (κ2) is 33.3. The van der Waals surface area contributed by atoms with Gasteiger partial charge in [0, 0.05) is 19.6 Å². The first-order valence-corrected chi connectivity index (χ1v) is 22.8. The van der Waals surface area contributed by atoms with E-state index in [2.05, 4.69) is 10.6 Å². The minimum absolute atomic E-state index is 0.0298. The third-order valence-corrected chi connectivity index (χ3v) is 11.0. The molecule has 342 valence electrons. The molecule has 2 amide bonds. The van der Waals surface area contributed by atoms with Crippen LogP contribution in [0.4, 0.5) is 0 Å². The van der Waals surface area contributed by atoms with Crippen LogP contribution in [0.3, 0.4) is 0 Å². The van der Waals surface area contributed by atoms with Gasteiger partial charge in [0.25, 0.3) is 0 Å². The number of carbonyl (C=O) groups is 2. The maximum Gasteiger partial charge on any atom is 0.248 e. The fraction of sp³-hybridized carbons (Fsp3) is 0.822. The lowest BCUT2D eigenvalue weighted by Crippen LogP contribution is -2.41. The zero-order valence-electron chi connectivity index (χ0n) is 36.0. The summed E-state index contributed by atoms with van der Waals surface area (Å²) in [5.41, 5.74) is 6.16. The fourth-order valence-electron chi connectivity index (χ4n) is 7.11. The maximum absolute atomic E-state index is 12.4. The van der Waals surface area contributed by atoms with Crippen LogP contribution in [-0.2, 0) is 19.1 Å². The number of carbonyl (C=O) groups excluding carboxylic acids is 2. The van der Waals surface area contributed by atoms with Crippen molar-refractivity contribution in [1.29, 1.82) is 0 Å². The smallest absolute Gasteiger partial charge is 0.248 e. The SMILES string of the molecule is CCC(=O)N[C@@H](CO)COc1ccc([C@@H](O)CNC(=O)[C@@H](O)CCC[C@H](O)[C@H]2O[C@H]2CCCCCCCC(O)CCCCCCCCCCCCOC[C@@H](N)CO)cc1. The summed E-state index contributed by atoms with van der Waals surface area (Å²) >= 11 is 0. The fourth-order valence-corrected chi connectivity index (χ4v) is 7.11. The van der Waals surface area contributed by atoms with Crippen LogP contribution >= 0.6 is 0 Å². The molecule has 1 aliphatic heterocycles. The molecule has 0 bridgehead atoms. The molecule has 0 spiro atoms. The molecule has 0 saturated carbocycles. The van der Waals surface area contributed by atoms with Crippen molar-refractivity contribution in [1.82, 2.24) is 10.6 Å². The molecule has 8 atom stereocenters. The molecule has 14 nitrogen and oxygen atoms in total. The molecule has 1 heterocycles. The number of epoxide rings is 1. The third-order valence-electron chi connectivity index (χ3n) is 11.0. The van der Waals surface area contributed by atoms with Crippen LogP contribution in [0.5, 0.6) is 5.75 Å². The van der Waals surface area contributed by atoms with Gasteiger partial charge in [0.1, 0.15) is 24.6 Å². The highest BCUT2D eigenvalue weighted by Gasteiger charge is 2.43. The molecule has 1 aliphatic rings. The molecule has 1 fully saturated rings. The maximum atomic E-state index is 12.4. The van der Waals surface area contributed by atoms with E-state index in [1.54, 1.807) is 31.2 Å². The molecular formula is C45H81N3O11. The Kier molecular flexibility index (Phi) is 29.7. The van der Waals surface area contributed by atoms with Crippen LogP contribution in [0, 0.1) is 0 Å². The number of aliphatic hydroxyl groups excluding tert-OH is 6. The molecular weight excluding hydrogens is 759 g/mol. The average molecular weight is 840 g/mol. The van der Waals surface area contributed by atoms with Crippen molar-refractivity contribution in [2.45, 2.75) is 197 Å². The molecule has 14 heteroatoms. The van der Waals surface area contributed by atoms with Gasteiger partial charge in [-0.1, -0.05) is 109 Å². The van der Waals surface area contributed by atoms with Gasteiger partial charge in [-0.25, -0.2) is 0 Å². The van der Waals surface area contributed by atoms with Crippen LogP contribution in [0.2, 0.25) is 0 Å². The van der Waals surface area contributed by atoms with Gasteiger partial charge in [-0.15, -0.1) is 0 Å². The van der Waals surface area contributed by atoms with E-state index in [0.717, 1.165) is 70.8 Å². The van der Waals surface area contributed by atoms with Crippen molar-refractivity contribution in [3.63, 3.8) is 0 Å². The Morgan fingerprint density at radius 2 is 1.34 bits per heavy atom. The van der Waals surface area contributed by atoms with Gasteiger partial charge in [0.2, 0.25) is 11.8 Å². The Morgan fingerprint density at radius 1 is 0.746 bits per heavy atom. The first kappa shape index (κ1) is 52.7. The molecule has 2 rings (SSSR count). The van der Waals surface area contributed by atoms with Crippen molar-refractivity contribution in [3.05, 3.63) is 29.8 Å². The highest BCUT2D eigenvalue weighted by atomic mass is 16.6. The van der Waals surface area contributed by atoms with E-state index in [1.807, 2.05) is 0 Å². The summed E-state index contributed by atoms with van der Waals surface area (Å²) in [6.45, 7) is 2.60. The predicted molar refractivity (Wildman–Crippen MR) is 229 cm³/mol. The van der Waals surface area contributed by atoms with E-state index in [0.29, 0.717) is 37.2 Å². The molecule has 0 aliphatic carbocycles. The van der Waals surface area contributed by atoms with E-state index in [4.69, 9.17) is 25.1 Å². The second-order valence-electron chi connectivity index (χ2n) is 16.4. The summed E-state index contributed by atoms with van der Waals surface area (Å²) in [7, 11) is 0. The topological polar surface area (TPSA) is 237 Å². The number of unbranched alkanes of at least 4 members (excludes halogenated alkanes) is 13. The van der Waals surface area contributed by atoms with E-state index in [9.17, 15) is 35.1 Å². The minimum Gasteiger partial charge on any atom is -0.491 e. The average Bonchev–Trinajstić information content (AvgIpc) is 4.03. The number of ether oxygens (including phenoxy) is 3.